The maximum absolute atomic E-state index is 12.0. The first kappa shape index (κ1) is 17.2. The molecule has 23 heavy (non-hydrogen) atoms. The van der Waals surface area contributed by atoms with Gasteiger partial charge >= 0.3 is 0 Å². The SMILES string of the molecule is COc1ccc(C(C)=CC(=O)NCC(C)(O)c2ccsc2)cc1. The van der Waals surface area contributed by atoms with Crippen LogP contribution in [0.5, 0.6) is 5.75 Å². The van der Waals surface area contributed by atoms with E-state index in [1.165, 1.54) is 17.4 Å². The van der Waals surface area contributed by atoms with Crippen LogP contribution < -0.4 is 10.1 Å². The maximum Gasteiger partial charge on any atom is 0.244 e. The summed E-state index contributed by atoms with van der Waals surface area (Å²) in [5, 5.41) is 16.9. The lowest BCUT2D eigenvalue weighted by atomic mass is 9.99. The fraction of sp³-hybridized carbons (Fsp3) is 0.278. The Morgan fingerprint density at radius 3 is 2.61 bits per heavy atom. The van der Waals surface area contributed by atoms with Crippen molar-refractivity contribution < 1.29 is 14.6 Å². The standard InChI is InChI=1S/C18H21NO3S/c1-13(14-4-6-16(22-3)7-5-14)10-17(20)19-12-18(2,21)15-8-9-23-11-15/h4-11,21H,12H2,1-3H3,(H,19,20). The van der Waals surface area contributed by atoms with Gasteiger partial charge in [-0.3, -0.25) is 4.79 Å². The molecule has 1 amide bonds. The minimum atomic E-state index is -1.07. The molecule has 0 aliphatic heterocycles. The number of carbonyl (C=O) groups excluding carboxylic acids is 1. The zero-order valence-electron chi connectivity index (χ0n) is 13.5. The van der Waals surface area contributed by atoms with Gasteiger partial charge in [0.15, 0.2) is 0 Å². The number of nitrogens with one attached hydrogen (secondary N) is 1. The number of hydrogen-bond acceptors (Lipinski definition) is 4. The van der Waals surface area contributed by atoms with Gasteiger partial charge in [-0.25, -0.2) is 0 Å². The number of aliphatic hydroxyl groups is 1. The second kappa shape index (κ2) is 7.44. The van der Waals surface area contributed by atoms with Gasteiger partial charge in [0.2, 0.25) is 5.91 Å². The second-order valence-corrected chi connectivity index (χ2v) is 6.34. The molecule has 2 aromatic rings. The Labute approximate surface area is 140 Å². The number of rotatable bonds is 6. The van der Waals surface area contributed by atoms with Crippen molar-refractivity contribution in [2.24, 2.45) is 0 Å². The van der Waals surface area contributed by atoms with Crippen molar-refractivity contribution in [2.45, 2.75) is 19.4 Å². The number of hydrogen-bond donors (Lipinski definition) is 2. The van der Waals surface area contributed by atoms with E-state index >= 15 is 0 Å². The number of amides is 1. The van der Waals surface area contributed by atoms with Crippen LogP contribution in [-0.4, -0.2) is 24.7 Å². The van der Waals surface area contributed by atoms with E-state index in [4.69, 9.17) is 4.74 Å². The molecule has 0 aliphatic rings. The summed E-state index contributed by atoms with van der Waals surface area (Å²) >= 11 is 1.52. The summed E-state index contributed by atoms with van der Waals surface area (Å²) in [6.45, 7) is 3.72. The molecular weight excluding hydrogens is 310 g/mol. The molecule has 0 spiro atoms. The Hall–Kier alpha value is -2.11. The molecule has 1 atom stereocenters. The van der Waals surface area contributed by atoms with Gasteiger partial charge in [0, 0.05) is 6.08 Å². The van der Waals surface area contributed by atoms with E-state index in [0.717, 1.165) is 22.4 Å². The van der Waals surface area contributed by atoms with Crippen LogP contribution in [0.3, 0.4) is 0 Å². The molecule has 1 aromatic heterocycles. The quantitative estimate of drug-likeness (QED) is 0.799. The zero-order chi connectivity index (χ0) is 16.9. The first-order chi connectivity index (χ1) is 10.9. The lowest BCUT2D eigenvalue weighted by Gasteiger charge is -2.22. The van der Waals surface area contributed by atoms with Crippen molar-refractivity contribution in [2.75, 3.05) is 13.7 Å². The highest BCUT2D eigenvalue weighted by atomic mass is 32.1. The van der Waals surface area contributed by atoms with Crippen molar-refractivity contribution >= 4 is 22.8 Å². The van der Waals surface area contributed by atoms with Crippen LogP contribution in [0.4, 0.5) is 0 Å². The number of allylic oxidation sites excluding steroid dienone is 1. The monoisotopic (exact) mass is 331 g/mol. The van der Waals surface area contributed by atoms with Crippen LogP contribution in [0.15, 0.2) is 47.2 Å². The van der Waals surface area contributed by atoms with Crippen molar-refractivity contribution in [3.63, 3.8) is 0 Å². The third kappa shape index (κ3) is 4.68. The van der Waals surface area contributed by atoms with Crippen LogP contribution in [0.1, 0.15) is 25.0 Å². The predicted octanol–water partition coefficient (Wildman–Crippen LogP) is 3.18. The highest BCUT2D eigenvalue weighted by Crippen LogP contribution is 2.22. The van der Waals surface area contributed by atoms with Gasteiger partial charge in [0.1, 0.15) is 11.4 Å². The Bertz CT molecular complexity index is 673. The summed E-state index contributed by atoms with van der Waals surface area (Å²) in [7, 11) is 1.62. The Morgan fingerprint density at radius 1 is 1.35 bits per heavy atom. The molecule has 2 rings (SSSR count). The van der Waals surface area contributed by atoms with Crippen molar-refractivity contribution in [3.05, 3.63) is 58.3 Å². The van der Waals surface area contributed by atoms with Gasteiger partial charge in [0.05, 0.1) is 13.7 Å². The lowest BCUT2D eigenvalue weighted by Crippen LogP contribution is -2.37. The van der Waals surface area contributed by atoms with Gasteiger partial charge in [-0.15, -0.1) is 0 Å². The topological polar surface area (TPSA) is 58.6 Å². The maximum atomic E-state index is 12.0. The third-order valence-electron chi connectivity index (χ3n) is 3.64. The number of ether oxygens (including phenoxy) is 1. The summed E-state index contributed by atoms with van der Waals surface area (Å²) in [5.74, 6) is 0.548. The molecule has 4 nitrogen and oxygen atoms in total. The first-order valence-corrected chi connectivity index (χ1v) is 8.22. The van der Waals surface area contributed by atoms with Crippen LogP contribution in [-0.2, 0) is 10.4 Å². The van der Waals surface area contributed by atoms with Gasteiger partial charge in [-0.1, -0.05) is 12.1 Å². The fourth-order valence-corrected chi connectivity index (χ4v) is 2.90. The summed E-state index contributed by atoms with van der Waals surface area (Å²) in [6, 6.07) is 9.37. The minimum Gasteiger partial charge on any atom is -0.497 e. The molecule has 5 heteroatoms. The molecule has 1 aromatic carbocycles. The van der Waals surface area contributed by atoms with Crippen LogP contribution in [0, 0.1) is 0 Å². The average Bonchev–Trinajstić information content (AvgIpc) is 3.08. The average molecular weight is 331 g/mol. The third-order valence-corrected chi connectivity index (χ3v) is 4.33. The van der Waals surface area contributed by atoms with E-state index in [9.17, 15) is 9.90 Å². The van der Waals surface area contributed by atoms with Gasteiger partial charge in [-0.2, -0.15) is 11.3 Å². The number of benzene rings is 1. The van der Waals surface area contributed by atoms with E-state index in [-0.39, 0.29) is 12.5 Å². The van der Waals surface area contributed by atoms with Crippen molar-refractivity contribution in [3.8, 4) is 5.75 Å². The van der Waals surface area contributed by atoms with E-state index in [1.807, 2.05) is 48.0 Å². The first-order valence-electron chi connectivity index (χ1n) is 7.28. The highest BCUT2D eigenvalue weighted by Gasteiger charge is 2.23. The Morgan fingerprint density at radius 2 is 2.04 bits per heavy atom. The molecule has 0 saturated carbocycles. The molecule has 2 N–H and O–H groups in total. The fourth-order valence-electron chi connectivity index (χ4n) is 2.12. The lowest BCUT2D eigenvalue weighted by molar-refractivity contribution is -0.117. The van der Waals surface area contributed by atoms with Crippen molar-refractivity contribution in [1.82, 2.24) is 5.32 Å². The number of carbonyl (C=O) groups is 1. The number of thiophene rings is 1. The zero-order valence-corrected chi connectivity index (χ0v) is 14.3. The largest absolute Gasteiger partial charge is 0.497 e. The molecule has 0 bridgehead atoms. The van der Waals surface area contributed by atoms with Gasteiger partial charge < -0.3 is 15.2 Å². The highest BCUT2D eigenvalue weighted by molar-refractivity contribution is 7.08. The smallest absolute Gasteiger partial charge is 0.244 e. The molecule has 0 aliphatic carbocycles. The Kier molecular flexibility index (Phi) is 5.58. The summed E-state index contributed by atoms with van der Waals surface area (Å²) in [6.07, 6.45) is 1.53. The second-order valence-electron chi connectivity index (χ2n) is 5.56. The minimum absolute atomic E-state index is 0.162. The van der Waals surface area contributed by atoms with Crippen molar-refractivity contribution in [1.29, 1.82) is 0 Å². The molecule has 0 fully saturated rings. The molecule has 122 valence electrons. The molecular formula is C18H21NO3S. The van der Waals surface area contributed by atoms with E-state index in [2.05, 4.69) is 5.32 Å². The summed E-state index contributed by atoms with van der Waals surface area (Å²) < 4.78 is 5.12. The predicted molar refractivity (Wildman–Crippen MR) is 93.5 cm³/mol. The summed E-state index contributed by atoms with van der Waals surface area (Å²) in [4.78, 5) is 12.0. The molecule has 1 heterocycles. The Balaban J connectivity index is 1.97. The number of methoxy groups -OCH3 is 1. The van der Waals surface area contributed by atoms with E-state index in [0.29, 0.717) is 0 Å². The van der Waals surface area contributed by atoms with Gasteiger partial charge in [0.25, 0.3) is 0 Å². The van der Waals surface area contributed by atoms with Gasteiger partial charge in [-0.05, 0) is 59.5 Å². The van der Waals surface area contributed by atoms with Crippen LogP contribution in [0.25, 0.3) is 5.57 Å². The normalized spacial score (nSPS) is 14.2. The van der Waals surface area contributed by atoms with E-state index in [1.54, 1.807) is 14.0 Å². The molecule has 1 unspecified atom stereocenters. The van der Waals surface area contributed by atoms with Crippen LogP contribution in [0.2, 0.25) is 0 Å². The van der Waals surface area contributed by atoms with Crippen LogP contribution >= 0.6 is 11.3 Å². The molecule has 0 saturated heterocycles. The summed E-state index contributed by atoms with van der Waals surface area (Å²) in [5.41, 5.74) is 1.53. The molecule has 0 radical (unpaired) electrons. The van der Waals surface area contributed by atoms with E-state index < -0.39 is 5.60 Å².